The van der Waals surface area contributed by atoms with Crippen LogP contribution in [0.4, 0.5) is 17.1 Å². The molecule has 0 radical (unpaired) electrons. The van der Waals surface area contributed by atoms with Crippen LogP contribution in [0.3, 0.4) is 0 Å². The van der Waals surface area contributed by atoms with Crippen molar-refractivity contribution in [3.63, 3.8) is 0 Å². The van der Waals surface area contributed by atoms with E-state index in [4.69, 9.17) is 0 Å². The van der Waals surface area contributed by atoms with Gasteiger partial charge in [0, 0.05) is 37.1 Å². The average molecular weight is 830 g/mol. The third kappa shape index (κ3) is 4.57. The van der Waals surface area contributed by atoms with Gasteiger partial charge in [0.05, 0.1) is 16.5 Å². The molecule has 3 aliphatic rings. The zero-order valence-electron chi connectivity index (χ0n) is 34.9. The van der Waals surface area contributed by atoms with Crippen molar-refractivity contribution in [1.29, 1.82) is 0 Å². The first-order valence-electron chi connectivity index (χ1n) is 22.3. The van der Waals surface area contributed by atoms with E-state index in [1.807, 2.05) is 11.3 Å². The summed E-state index contributed by atoms with van der Waals surface area (Å²) in [6.07, 6.45) is 0. The molecule has 1 spiro atoms. The van der Waals surface area contributed by atoms with E-state index in [2.05, 4.69) is 241 Å². The first kappa shape index (κ1) is 35.8. The number of benzene rings is 10. The van der Waals surface area contributed by atoms with Crippen LogP contribution in [-0.4, -0.2) is 0 Å². The van der Waals surface area contributed by atoms with E-state index in [-0.39, 0.29) is 0 Å². The summed E-state index contributed by atoms with van der Waals surface area (Å²) in [7, 11) is 0. The predicted octanol–water partition coefficient (Wildman–Crippen LogP) is 16.2. The molecule has 1 nitrogen and oxygen atoms in total. The maximum atomic E-state index is 2.56. The molecule has 0 unspecified atom stereocenters. The van der Waals surface area contributed by atoms with Crippen LogP contribution in [0.15, 0.2) is 237 Å². The molecule has 11 aromatic rings. The van der Waals surface area contributed by atoms with Gasteiger partial charge in [-0.15, -0.1) is 11.3 Å². The highest BCUT2D eigenvalue weighted by atomic mass is 32.1. The molecule has 10 aromatic carbocycles. The third-order valence-electron chi connectivity index (χ3n) is 14.6. The summed E-state index contributed by atoms with van der Waals surface area (Å²) >= 11 is 1.88. The fraction of sp³-hybridized carbons (Fsp3) is 0.0323. The van der Waals surface area contributed by atoms with Gasteiger partial charge in [-0.1, -0.05) is 200 Å². The molecule has 2 heteroatoms. The van der Waals surface area contributed by atoms with Crippen LogP contribution in [0.5, 0.6) is 0 Å². The lowest BCUT2D eigenvalue weighted by molar-refractivity contribution is 0.768. The van der Waals surface area contributed by atoms with Gasteiger partial charge in [0.1, 0.15) is 0 Å². The smallest absolute Gasteiger partial charge is 0.0726 e. The highest BCUT2D eigenvalue weighted by Gasteiger charge is 2.52. The summed E-state index contributed by atoms with van der Waals surface area (Å²) in [5, 5.41) is 2.60. The molecule has 3 aliphatic carbocycles. The second-order valence-electron chi connectivity index (χ2n) is 17.5. The topological polar surface area (TPSA) is 3.24 Å². The largest absolute Gasteiger partial charge is 0.310 e. The lowest BCUT2D eigenvalue weighted by Crippen LogP contribution is -2.28. The first-order chi connectivity index (χ1) is 31.8. The molecule has 14 rings (SSSR count). The zero-order valence-corrected chi connectivity index (χ0v) is 35.7. The van der Waals surface area contributed by atoms with E-state index in [0.717, 1.165) is 11.4 Å². The Hall–Kier alpha value is -7.78. The van der Waals surface area contributed by atoms with Crippen molar-refractivity contribution < 1.29 is 0 Å². The van der Waals surface area contributed by atoms with Gasteiger partial charge in [-0.2, -0.15) is 0 Å². The van der Waals surface area contributed by atoms with Crippen molar-refractivity contribution in [3.05, 3.63) is 281 Å². The average Bonchev–Trinajstić information content (AvgIpc) is 4.07. The van der Waals surface area contributed by atoms with E-state index in [0.29, 0.717) is 0 Å². The lowest BCUT2D eigenvalue weighted by atomic mass is 9.67. The second kappa shape index (κ2) is 13.4. The molecule has 0 atom stereocenters. The summed E-state index contributed by atoms with van der Waals surface area (Å²) in [6.45, 7) is 0. The van der Waals surface area contributed by atoms with Crippen LogP contribution in [0.25, 0.3) is 53.6 Å². The number of fused-ring (bicyclic) bond motifs is 16. The summed E-state index contributed by atoms with van der Waals surface area (Å²) in [5.74, 6) is 0. The molecule has 0 aliphatic heterocycles. The third-order valence-corrected chi connectivity index (χ3v) is 15.7. The molecule has 0 saturated heterocycles. The number of hydrogen-bond donors (Lipinski definition) is 0. The number of thiophene rings is 1. The Labute approximate surface area is 376 Å². The molecule has 0 amide bonds. The fourth-order valence-corrected chi connectivity index (χ4v) is 13.3. The van der Waals surface area contributed by atoms with E-state index >= 15 is 0 Å². The highest BCUT2D eigenvalue weighted by molar-refractivity contribution is 7.25. The van der Waals surface area contributed by atoms with Crippen LogP contribution in [0.2, 0.25) is 0 Å². The summed E-state index contributed by atoms with van der Waals surface area (Å²) in [5.41, 5.74) is 20.7. The van der Waals surface area contributed by atoms with Gasteiger partial charge in [0.15, 0.2) is 0 Å². The van der Waals surface area contributed by atoms with E-state index in [1.54, 1.807) is 0 Å². The highest BCUT2D eigenvalue weighted by Crippen LogP contribution is 2.65. The van der Waals surface area contributed by atoms with Gasteiger partial charge >= 0.3 is 0 Å². The zero-order chi connectivity index (χ0) is 42.0. The van der Waals surface area contributed by atoms with Gasteiger partial charge < -0.3 is 4.90 Å². The number of nitrogens with zero attached hydrogens (tertiary/aromatic N) is 1. The van der Waals surface area contributed by atoms with Crippen molar-refractivity contribution in [1.82, 2.24) is 0 Å². The molecule has 0 saturated carbocycles. The summed E-state index contributed by atoms with van der Waals surface area (Å²) in [4.78, 5) is 2.56. The summed E-state index contributed by atoms with van der Waals surface area (Å²) in [6, 6.07) is 89.0. The number of hydrogen-bond acceptors (Lipinski definition) is 2. The van der Waals surface area contributed by atoms with Gasteiger partial charge in [-0.3, -0.25) is 0 Å². The molecular formula is C62H39NS. The minimum atomic E-state index is -0.530. The predicted molar refractivity (Wildman–Crippen MR) is 268 cm³/mol. The molecular weight excluding hydrogens is 791 g/mol. The minimum absolute atomic E-state index is 0.453. The van der Waals surface area contributed by atoms with Crippen molar-refractivity contribution in [2.24, 2.45) is 0 Å². The quantitative estimate of drug-likeness (QED) is 0.167. The Morgan fingerprint density at radius 2 is 0.766 bits per heavy atom. The van der Waals surface area contributed by atoms with Gasteiger partial charge in [-0.05, 0) is 109 Å². The standard InChI is InChI=1S/C62H39NS/c1-3-18-40(19-4-1)61(41-20-5-2-6-21-41)51-27-12-7-24-46(51)47-36-34-42(38-56(47)61)63(43-35-37-49-48-25-11-16-33-58(48)64-59(49)39-43)57-32-17-31-55-60(57)50-26-10-15-30-54(50)62(55)52-28-13-8-22-44(52)45-23-9-14-29-53(45)62/h1-39H. The van der Waals surface area contributed by atoms with Crippen molar-refractivity contribution in [3.8, 4) is 33.4 Å². The van der Waals surface area contributed by atoms with Gasteiger partial charge in [0.25, 0.3) is 0 Å². The van der Waals surface area contributed by atoms with Gasteiger partial charge in [0.2, 0.25) is 0 Å². The normalized spacial score (nSPS) is 14.2. The Morgan fingerprint density at radius 1 is 0.297 bits per heavy atom. The lowest BCUT2D eigenvalue weighted by Gasteiger charge is -2.35. The van der Waals surface area contributed by atoms with Gasteiger partial charge in [-0.25, -0.2) is 0 Å². The van der Waals surface area contributed by atoms with Crippen LogP contribution >= 0.6 is 11.3 Å². The monoisotopic (exact) mass is 829 g/mol. The molecule has 0 fully saturated rings. The van der Waals surface area contributed by atoms with Crippen LogP contribution in [0, 0.1) is 0 Å². The summed E-state index contributed by atoms with van der Waals surface area (Å²) < 4.78 is 2.59. The SMILES string of the molecule is c1ccc(C2(c3ccccc3)c3ccccc3-c3ccc(N(c4ccc5c(c4)sc4ccccc45)c4cccc5c4-c4ccccc4C54c5ccccc5-c5ccccc54)cc32)cc1. The molecule has 1 aromatic heterocycles. The first-order valence-corrected chi connectivity index (χ1v) is 23.1. The van der Waals surface area contributed by atoms with Crippen LogP contribution in [0.1, 0.15) is 44.5 Å². The maximum absolute atomic E-state index is 2.56. The Morgan fingerprint density at radius 3 is 1.42 bits per heavy atom. The van der Waals surface area contributed by atoms with E-state index in [1.165, 1.54) is 104 Å². The maximum Gasteiger partial charge on any atom is 0.0726 e. The van der Waals surface area contributed by atoms with Crippen molar-refractivity contribution in [2.75, 3.05) is 4.90 Å². The number of rotatable bonds is 5. The second-order valence-corrected chi connectivity index (χ2v) is 18.5. The van der Waals surface area contributed by atoms with Crippen LogP contribution in [-0.2, 0) is 10.8 Å². The van der Waals surface area contributed by atoms with Crippen LogP contribution < -0.4 is 4.90 Å². The van der Waals surface area contributed by atoms with Crippen molar-refractivity contribution in [2.45, 2.75) is 10.8 Å². The number of anilines is 3. The molecule has 298 valence electrons. The Kier molecular flexibility index (Phi) is 7.47. The molecule has 0 bridgehead atoms. The molecule has 1 heterocycles. The fourth-order valence-electron chi connectivity index (χ4n) is 12.2. The molecule has 64 heavy (non-hydrogen) atoms. The Balaban J connectivity index is 1.08. The minimum Gasteiger partial charge on any atom is -0.310 e. The molecule has 0 N–H and O–H groups in total. The van der Waals surface area contributed by atoms with Crippen molar-refractivity contribution >= 4 is 48.6 Å². The van der Waals surface area contributed by atoms with E-state index in [9.17, 15) is 0 Å². The Bertz CT molecular complexity index is 3610. The van der Waals surface area contributed by atoms with E-state index < -0.39 is 10.8 Å².